The summed E-state index contributed by atoms with van der Waals surface area (Å²) in [4.78, 5) is 20.7. The lowest BCUT2D eigenvalue weighted by atomic mass is 10.3. The number of benzene rings is 1. The van der Waals surface area contributed by atoms with Crippen LogP contribution in [0.4, 0.5) is 11.5 Å². The molecule has 2 rings (SSSR count). The van der Waals surface area contributed by atoms with E-state index in [0.717, 1.165) is 12.1 Å². The second kappa shape index (κ2) is 9.19. The van der Waals surface area contributed by atoms with E-state index in [1.165, 1.54) is 0 Å². The van der Waals surface area contributed by atoms with Gasteiger partial charge >= 0.3 is 0 Å². The molecular formula is C17H21ClN4O3. The van der Waals surface area contributed by atoms with Gasteiger partial charge in [-0.25, -0.2) is 9.97 Å². The molecule has 1 aromatic heterocycles. The third kappa shape index (κ3) is 5.58. The number of aryl methyl sites for hydroxylation is 1. The van der Waals surface area contributed by atoms with Crippen LogP contribution in [0.5, 0.6) is 5.75 Å². The molecule has 0 saturated carbocycles. The van der Waals surface area contributed by atoms with Gasteiger partial charge in [0.1, 0.15) is 23.1 Å². The fraction of sp³-hybridized carbons (Fsp3) is 0.353. The number of methoxy groups -OCH3 is 2. The summed E-state index contributed by atoms with van der Waals surface area (Å²) in [6, 6.07) is 6.88. The smallest absolute Gasteiger partial charge is 0.270 e. The zero-order valence-corrected chi connectivity index (χ0v) is 15.2. The topological polar surface area (TPSA) is 85.4 Å². The number of nitrogens with zero attached hydrogens (tertiary/aromatic N) is 2. The first-order valence-corrected chi connectivity index (χ1v) is 8.14. The molecule has 25 heavy (non-hydrogen) atoms. The minimum atomic E-state index is -0.252. The molecule has 0 aliphatic rings. The summed E-state index contributed by atoms with van der Waals surface area (Å²) in [5.41, 5.74) is 1.03. The third-order valence-electron chi connectivity index (χ3n) is 3.31. The summed E-state index contributed by atoms with van der Waals surface area (Å²) >= 11 is 6.12. The summed E-state index contributed by atoms with van der Waals surface area (Å²) in [5, 5.41) is 6.40. The van der Waals surface area contributed by atoms with Gasteiger partial charge in [-0.3, -0.25) is 4.79 Å². The molecule has 1 aromatic carbocycles. The monoisotopic (exact) mass is 364 g/mol. The molecule has 2 aromatic rings. The van der Waals surface area contributed by atoms with E-state index in [9.17, 15) is 4.79 Å². The number of ether oxygens (including phenoxy) is 2. The molecule has 0 radical (unpaired) electrons. The number of nitrogens with one attached hydrogen (secondary N) is 2. The molecular weight excluding hydrogens is 344 g/mol. The minimum absolute atomic E-state index is 0.252. The highest BCUT2D eigenvalue weighted by Gasteiger charge is 2.11. The van der Waals surface area contributed by atoms with Gasteiger partial charge in [-0.1, -0.05) is 11.6 Å². The predicted octanol–water partition coefficient (Wildman–Crippen LogP) is 2.96. The molecule has 7 nitrogen and oxygen atoms in total. The largest absolute Gasteiger partial charge is 0.495 e. The van der Waals surface area contributed by atoms with Crippen LogP contribution in [0.1, 0.15) is 22.7 Å². The number of carbonyl (C=O) groups excluding carboxylic acids is 1. The lowest BCUT2D eigenvalue weighted by Crippen LogP contribution is -2.26. The maximum Gasteiger partial charge on any atom is 0.270 e. The average molecular weight is 365 g/mol. The van der Waals surface area contributed by atoms with Gasteiger partial charge in [-0.2, -0.15) is 0 Å². The van der Waals surface area contributed by atoms with Crippen LogP contribution in [-0.2, 0) is 4.74 Å². The number of anilines is 2. The second-order valence-corrected chi connectivity index (χ2v) is 5.67. The van der Waals surface area contributed by atoms with Crippen molar-refractivity contribution in [2.75, 3.05) is 32.7 Å². The SMILES string of the molecule is COCCCNC(=O)c1cc(Nc2ccc(OC)c(Cl)c2)nc(C)n1. The Hall–Kier alpha value is -2.38. The first-order chi connectivity index (χ1) is 12.0. The maximum absolute atomic E-state index is 12.2. The molecule has 0 unspecified atom stereocenters. The van der Waals surface area contributed by atoms with E-state index in [1.54, 1.807) is 39.3 Å². The highest BCUT2D eigenvalue weighted by molar-refractivity contribution is 6.32. The minimum Gasteiger partial charge on any atom is -0.495 e. The summed E-state index contributed by atoms with van der Waals surface area (Å²) in [6.07, 6.45) is 0.738. The van der Waals surface area contributed by atoms with Crippen molar-refractivity contribution in [3.63, 3.8) is 0 Å². The Morgan fingerprint density at radius 2 is 2.04 bits per heavy atom. The van der Waals surface area contributed by atoms with Crippen molar-refractivity contribution in [3.8, 4) is 5.75 Å². The van der Waals surface area contributed by atoms with Crippen molar-refractivity contribution in [3.05, 3.63) is 40.8 Å². The van der Waals surface area contributed by atoms with Gasteiger partial charge in [0.15, 0.2) is 0 Å². The van der Waals surface area contributed by atoms with Gasteiger partial charge in [-0.15, -0.1) is 0 Å². The van der Waals surface area contributed by atoms with Gasteiger partial charge in [0.25, 0.3) is 5.91 Å². The van der Waals surface area contributed by atoms with Crippen LogP contribution in [-0.4, -0.2) is 43.2 Å². The molecule has 0 fully saturated rings. The molecule has 1 amide bonds. The van der Waals surface area contributed by atoms with E-state index < -0.39 is 0 Å². The molecule has 1 heterocycles. The zero-order chi connectivity index (χ0) is 18.2. The lowest BCUT2D eigenvalue weighted by Gasteiger charge is -2.10. The van der Waals surface area contributed by atoms with Gasteiger partial charge in [0.2, 0.25) is 0 Å². The fourth-order valence-electron chi connectivity index (χ4n) is 2.15. The van der Waals surface area contributed by atoms with Crippen molar-refractivity contribution in [1.29, 1.82) is 0 Å². The molecule has 8 heteroatoms. The van der Waals surface area contributed by atoms with Crippen LogP contribution in [0.15, 0.2) is 24.3 Å². The molecule has 2 N–H and O–H groups in total. The quantitative estimate of drug-likeness (QED) is 0.700. The van der Waals surface area contributed by atoms with E-state index in [4.69, 9.17) is 21.1 Å². The van der Waals surface area contributed by atoms with Gasteiger partial charge in [0, 0.05) is 32.0 Å². The molecule has 0 spiro atoms. The normalized spacial score (nSPS) is 10.4. The van der Waals surface area contributed by atoms with Crippen LogP contribution in [0, 0.1) is 6.92 Å². The first-order valence-electron chi connectivity index (χ1n) is 7.77. The number of amides is 1. The highest BCUT2D eigenvalue weighted by Crippen LogP contribution is 2.28. The molecule has 0 aliphatic heterocycles. The second-order valence-electron chi connectivity index (χ2n) is 5.26. The Kier molecular flexibility index (Phi) is 6.97. The Balaban J connectivity index is 2.10. The van der Waals surface area contributed by atoms with Crippen LogP contribution < -0.4 is 15.4 Å². The van der Waals surface area contributed by atoms with E-state index in [1.807, 2.05) is 6.07 Å². The highest BCUT2D eigenvalue weighted by atomic mass is 35.5. The van der Waals surface area contributed by atoms with E-state index >= 15 is 0 Å². The molecule has 0 atom stereocenters. The molecule has 0 bridgehead atoms. The maximum atomic E-state index is 12.2. The van der Waals surface area contributed by atoms with Crippen molar-refractivity contribution < 1.29 is 14.3 Å². The molecule has 0 aliphatic carbocycles. The number of halogens is 1. The summed E-state index contributed by atoms with van der Waals surface area (Å²) in [5.74, 6) is 1.34. The van der Waals surface area contributed by atoms with Crippen LogP contribution in [0.3, 0.4) is 0 Å². The fourth-order valence-corrected chi connectivity index (χ4v) is 2.41. The van der Waals surface area contributed by atoms with E-state index in [2.05, 4.69) is 20.6 Å². The number of rotatable bonds is 8. The average Bonchev–Trinajstić information content (AvgIpc) is 2.58. The van der Waals surface area contributed by atoms with Crippen LogP contribution in [0.2, 0.25) is 5.02 Å². The zero-order valence-electron chi connectivity index (χ0n) is 14.4. The van der Waals surface area contributed by atoms with Gasteiger partial charge in [-0.05, 0) is 31.5 Å². The number of carbonyl (C=O) groups is 1. The standard InChI is InChI=1S/C17H21ClN4O3/c1-11-20-14(17(23)19-7-4-8-24-2)10-16(21-11)22-12-5-6-15(25-3)13(18)9-12/h5-6,9-10H,4,7-8H2,1-3H3,(H,19,23)(H,20,21,22). The van der Waals surface area contributed by atoms with Crippen molar-refractivity contribution in [2.45, 2.75) is 13.3 Å². The summed E-state index contributed by atoms with van der Waals surface area (Å²) < 4.78 is 10.1. The van der Waals surface area contributed by atoms with Crippen molar-refractivity contribution in [2.24, 2.45) is 0 Å². The molecule has 134 valence electrons. The van der Waals surface area contributed by atoms with Gasteiger partial charge < -0.3 is 20.1 Å². The van der Waals surface area contributed by atoms with Crippen LogP contribution in [0.25, 0.3) is 0 Å². The first kappa shape index (κ1) is 19.0. The Bertz CT molecular complexity index is 740. The molecule has 0 saturated heterocycles. The Morgan fingerprint density at radius 3 is 2.72 bits per heavy atom. The lowest BCUT2D eigenvalue weighted by molar-refractivity contribution is 0.0943. The van der Waals surface area contributed by atoms with Crippen molar-refractivity contribution in [1.82, 2.24) is 15.3 Å². The number of aromatic nitrogens is 2. The third-order valence-corrected chi connectivity index (χ3v) is 3.60. The number of hydrogen-bond acceptors (Lipinski definition) is 6. The van der Waals surface area contributed by atoms with Crippen molar-refractivity contribution >= 4 is 29.0 Å². The van der Waals surface area contributed by atoms with Gasteiger partial charge in [0.05, 0.1) is 12.1 Å². The Labute approximate surface area is 151 Å². The Morgan fingerprint density at radius 1 is 1.24 bits per heavy atom. The van der Waals surface area contributed by atoms with E-state index in [-0.39, 0.29) is 5.91 Å². The summed E-state index contributed by atoms with van der Waals surface area (Å²) in [6.45, 7) is 2.84. The predicted molar refractivity (Wildman–Crippen MR) is 96.9 cm³/mol. The van der Waals surface area contributed by atoms with Crippen LogP contribution >= 0.6 is 11.6 Å². The summed E-state index contributed by atoms with van der Waals surface area (Å²) in [7, 11) is 3.18. The number of hydrogen-bond donors (Lipinski definition) is 2. The van der Waals surface area contributed by atoms with E-state index in [0.29, 0.717) is 41.3 Å².